The lowest BCUT2D eigenvalue weighted by atomic mass is 10.0. The third-order valence-corrected chi connectivity index (χ3v) is 5.14. The van der Waals surface area contributed by atoms with E-state index in [1.807, 2.05) is 49.5 Å². The van der Waals surface area contributed by atoms with E-state index in [4.69, 9.17) is 0 Å². The number of halogens is 3. The molecular formula is C19H18F3N5OS. The molecule has 0 aliphatic carbocycles. The molecule has 0 aliphatic rings. The predicted octanol–water partition coefficient (Wildman–Crippen LogP) is 5.36. The molecule has 1 atom stereocenters. The van der Waals surface area contributed by atoms with E-state index in [0.717, 1.165) is 23.4 Å². The zero-order valence-corrected chi connectivity index (χ0v) is 16.4. The molecule has 29 heavy (non-hydrogen) atoms. The number of aromatic nitrogens is 3. The van der Waals surface area contributed by atoms with Gasteiger partial charge in [-0.15, -0.1) is 0 Å². The summed E-state index contributed by atoms with van der Waals surface area (Å²) in [5, 5.41) is 4.79. The summed E-state index contributed by atoms with van der Waals surface area (Å²) in [4.78, 5) is 24.8. The van der Waals surface area contributed by atoms with Gasteiger partial charge in [0.05, 0.1) is 16.3 Å². The van der Waals surface area contributed by atoms with Crippen molar-refractivity contribution in [2.75, 3.05) is 10.6 Å². The second-order valence-electron chi connectivity index (χ2n) is 6.25. The quantitative estimate of drug-likeness (QED) is 0.560. The maximum atomic E-state index is 12.6. The Kier molecular flexibility index (Phi) is 6.12. The van der Waals surface area contributed by atoms with Gasteiger partial charge in [0.1, 0.15) is 0 Å². The number of nitrogens with one attached hydrogen (secondary N) is 2. The normalized spacial score (nSPS) is 12.4. The highest BCUT2D eigenvalue weighted by Crippen LogP contribution is 2.37. The summed E-state index contributed by atoms with van der Waals surface area (Å²) in [7, 11) is 0. The second kappa shape index (κ2) is 8.56. The number of alkyl halides is 3. The van der Waals surface area contributed by atoms with Crippen LogP contribution in [0.5, 0.6) is 0 Å². The number of thiazole rings is 1. The number of hydrogen-bond donors (Lipinski definition) is 2. The minimum Gasteiger partial charge on any atom is -0.324 e. The van der Waals surface area contributed by atoms with Gasteiger partial charge in [-0.2, -0.15) is 13.2 Å². The summed E-state index contributed by atoms with van der Waals surface area (Å²) >= 11 is 0.955. The maximum absolute atomic E-state index is 12.6. The highest BCUT2D eigenvalue weighted by molar-refractivity contribution is 7.19. The smallest absolute Gasteiger partial charge is 0.324 e. The molecule has 0 saturated carbocycles. The molecule has 0 spiro atoms. The number of nitrogens with zero attached hydrogens (tertiary/aromatic N) is 3. The molecule has 10 heteroatoms. The van der Waals surface area contributed by atoms with Gasteiger partial charge < -0.3 is 5.32 Å². The van der Waals surface area contributed by atoms with E-state index in [2.05, 4.69) is 20.3 Å². The molecule has 2 heterocycles. The first kappa shape index (κ1) is 20.7. The fourth-order valence-corrected chi connectivity index (χ4v) is 3.51. The van der Waals surface area contributed by atoms with E-state index in [1.165, 1.54) is 0 Å². The number of carbonyl (C=O) groups is 1. The number of carbonyl (C=O) groups excluding carboxylic acids is 1. The van der Waals surface area contributed by atoms with Gasteiger partial charge in [0.15, 0.2) is 5.13 Å². The van der Waals surface area contributed by atoms with Gasteiger partial charge >= 0.3 is 12.1 Å². The molecule has 1 amide bonds. The number of rotatable bonds is 6. The first-order valence-corrected chi connectivity index (χ1v) is 9.64. The number of anilines is 3. The molecule has 2 aromatic heterocycles. The molecule has 0 saturated heterocycles. The Hall–Kier alpha value is -3.01. The summed E-state index contributed by atoms with van der Waals surface area (Å²) in [6.07, 6.45) is -2.70. The summed E-state index contributed by atoms with van der Waals surface area (Å²) in [5.41, 5.74) is 1.90. The fraction of sp³-hybridized carbons (Fsp3) is 0.263. The minimum atomic E-state index is -4.98. The summed E-state index contributed by atoms with van der Waals surface area (Å²) in [6, 6.07) is 11.0. The van der Waals surface area contributed by atoms with Crippen LogP contribution >= 0.6 is 11.3 Å². The van der Waals surface area contributed by atoms with Gasteiger partial charge in [0.2, 0.25) is 5.95 Å². The molecule has 2 N–H and O–H groups in total. The number of para-hydroxylation sites is 1. The van der Waals surface area contributed by atoms with Gasteiger partial charge in [-0.1, -0.05) is 43.4 Å². The number of amides is 1. The Morgan fingerprint density at radius 2 is 1.90 bits per heavy atom. The lowest BCUT2D eigenvalue weighted by Gasteiger charge is -2.09. The third-order valence-electron chi connectivity index (χ3n) is 4.13. The monoisotopic (exact) mass is 421 g/mol. The minimum absolute atomic E-state index is 0.0294. The molecule has 0 radical (unpaired) electrons. The van der Waals surface area contributed by atoms with Crippen LogP contribution in [0.2, 0.25) is 0 Å². The van der Waals surface area contributed by atoms with Crippen molar-refractivity contribution >= 4 is 34.0 Å². The molecule has 0 fully saturated rings. The Labute approximate surface area is 169 Å². The SMILES string of the molecule is CCC(C)c1nc(NC(=O)C(F)(F)F)sc1-c1ccnc(Nc2ccccc2)n1. The Bertz CT molecular complexity index is 991. The molecule has 1 unspecified atom stereocenters. The van der Waals surface area contributed by atoms with Crippen molar-refractivity contribution in [3.63, 3.8) is 0 Å². The summed E-state index contributed by atoms with van der Waals surface area (Å²) in [6.45, 7) is 3.86. The molecular weight excluding hydrogens is 403 g/mol. The molecule has 152 valence electrons. The van der Waals surface area contributed by atoms with Gasteiger partial charge in [-0.25, -0.2) is 15.0 Å². The van der Waals surface area contributed by atoms with Gasteiger partial charge in [0, 0.05) is 11.9 Å². The van der Waals surface area contributed by atoms with Crippen LogP contribution < -0.4 is 10.6 Å². The standard InChI is InChI=1S/C19H18F3N5OS/c1-3-11(2)14-15(29-18(26-14)27-16(28)19(20,21)22)13-9-10-23-17(25-13)24-12-7-5-4-6-8-12/h4-11H,3H2,1-2H3,(H,23,24,25)(H,26,27,28). The molecule has 1 aromatic carbocycles. The fourth-order valence-electron chi connectivity index (χ4n) is 2.46. The van der Waals surface area contributed by atoms with Crippen molar-refractivity contribution < 1.29 is 18.0 Å². The molecule has 3 rings (SSSR count). The van der Waals surface area contributed by atoms with Crippen molar-refractivity contribution in [3.05, 3.63) is 48.3 Å². The van der Waals surface area contributed by atoms with Crippen LogP contribution in [0.25, 0.3) is 10.6 Å². The molecule has 3 aromatic rings. The van der Waals surface area contributed by atoms with Crippen molar-refractivity contribution in [3.8, 4) is 10.6 Å². The average Bonchev–Trinajstić information content (AvgIpc) is 3.11. The van der Waals surface area contributed by atoms with Crippen LogP contribution in [0.1, 0.15) is 31.9 Å². The Morgan fingerprint density at radius 1 is 1.17 bits per heavy atom. The maximum Gasteiger partial charge on any atom is 0.471 e. The van der Waals surface area contributed by atoms with Gasteiger partial charge in [0.25, 0.3) is 0 Å². The Morgan fingerprint density at radius 3 is 2.55 bits per heavy atom. The zero-order chi connectivity index (χ0) is 21.0. The van der Waals surface area contributed by atoms with Crippen LogP contribution in [-0.2, 0) is 4.79 Å². The summed E-state index contributed by atoms with van der Waals surface area (Å²) in [5.74, 6) is -1.74. The van der Waals surface area contributed by atoms with Crippen molar-refractivity contribution in [1.29, 1.82) is 0 Å². The van der Waals surface area contributed by atoms with E-state index >= 15 is 0 Å². The molecule has 0 bridgehead atoms. The van der Waals surface area contributed by atoms with Gasteiger partial charge in [-0.3, -0.25) is 10.1 Å². The third kappa shape index (κ3) is 5.08. The first-order valence-electron chi connectivity index (χ1n) is 8.82. The highest BCUT2D eigenvalue weighted by atomic mass is 32.1. The lowest BCUT2D eigenvalue weighted by molar-refractivity contribution is -0.167. The average molecular weight is 421 g/mol. The van der Waals surface area contributed by atoms with Crippen LogP contribution in [0.15, 0.2) is 42.6 Å². The zero-order valence-electron chi connectivity index (χ0n) is 15.6. The lowest BCUT2D eigenvalue weighted by Crippen LogP contribution is -2.29. The summed E-state index contributed by atoms with van der Waals surface area (Å²) < 4.78 is 37.8. The molecule has 0 aliphatic heterocycles. The van der Waals surface area contributed by atoms with Crippen LogP contribution in [0.3, 0.4) is 0 Å². The van der Waals surface area contributed by atoms with E-state index in [0.29, 0.717) is 22.2 Å². The van der Waals surface area contributed by atoms with Crippen LogP contribution in [0.4, 0.5) is 29.9 Å². The van der Waals surface area contributed by atoms with Gasteiger partial charge in [-0.05, 0) is 30.5 Å². The van der Waals surface area contributed by atoms with E-state index in [9.17, 15) is 18.0 Å². The van der Waals surface area contributed by atoms with Crippen molar-refractivity contribution in [2.24, 2.45) is 0 Å². The predicted molar refractivity (Wildman–Crippen MR) is 106 cm³/mol. The molecule has 6 nitrogen and oxygen atoms in total. The Balaban J connectivity index is 1.94. The second-order valence-corrected chi connectivity index (χ2v) is 7.25. The van der Waals surface area contributed by atoms with Crippen LogP contribution in [-0.4, -0.2) is 27.0 Å². The number of benzene rings is 1. The van der Waals surface area contributed by atoms with Crippen molar-refractivity contribution in [2.45, 2.75) is 32.4 Å². The van der Waals surface area contributed by atoms with Crippen LogP contribution in [0, 0.1) is 0 Å². The highest BCUT2D eigenvalue weighted by Gasteiger charge is 2.39. The van der Waals surface area contributed by atoms with E-state index in [-0.39, 0.29) is 11.0 Å². The van der Waals surface area contributed by atoms with E-state index in [1.54, 1.807) is 12.3 Å². The largest absolute Gasteiger partial charge is 0.471 e. The van der Waals surface area contributed by atoms with Crippen molar-refractivity contribution in [1.82, 2.24) is 15.0 Å². The first-order chi connectivity index (χ1) is 13.8. The number of hydrogen-bond acceptors (Lipinski definition) is 6. The topological polar surface area (TPSA) is 79.8 Å². The van der Waals surface area contributed by atoms with E-state index < -0.39 is 12.1 Å².